The van der Waals surface area contributed by atoms with Gasteiger partial charge in [0.05, 0.1) is 11.8 Å². The lowest BCUT2D eigenvalue weighted by molar-refractivity contribution is -0.235. The highest BCUT2D eigenvalue weighted by Crippen LogP contribution is 2.77. The Hall–Kier alpha value is -3.11. The number of benzene rings is 1. The first-order chi connectivity index (χ1) is 27.8. The van der Waals surface area contributed by atoms with Gasteiger partial charge in [-0.2, -0.15) is 0 Å². The van der Waals surface area contributed by atoms with Gasteiger partial charge in [-0.15, -0.1) is 0 Å². The van der Waals surface area contributed by atoms with Crippen molar-refractivity contribution in [3.63, 3.8) is 0 Å². The van der Waals surface area contributed by atoms with Crippen molar-refractivity contribution < 1.29 is 38.1 Å². The van der Waals surface area contributed by atoms with Gasteiger partial charge in [-0.1, -0.05) is 60.6 Å². The van der Waals surface area contributed by atoms with Crippen LogP contribution in [0.15, 0.2) is 35.4 Å². The SMILES string of the molecule is CC(=O)OC(CN(CCN(C)C)Cc1ccc(F)cc1)C12CC[C@]3(C)[C@H](CC[C@@H]4[C@@]5(C)CC[C@H](OC(=O)CC(C)(C)C(=O)O)C(C)(C)C5CC[C@]43C)C1=C(C(C)C)C(=O)C2. The first-order valence-corrected chi connectivity index (χ1v) is 22.8. The molecule has 60 heavy (non-hydrogen) atoms. The predicted octanol–water partition coefficient (Wildman–Crippen LogP) is 9.51. The fourth-order valence-corrected chi connectivity index (χ4v) is 14.1. The normalized spacial score (nSPS) is 34.2. The van der Waals surface area contributed by atoms with E-state index in [1.807, 2.05) is 26.2 Å². The standard InChI is InChI=1S/C50H75FN2O7/c1-31(2)42-36(55)27-50(40(59-32(3)54)30-53(26-25-52(11)12)29-33-13-15-34(51)16-14-33)24-23-48(9)35(43(42)50)17-18-38-47(8)21-20-39(60-41(56)28-45(4,5)44(57)58)46(6,7)37(47)19-22-49(38,48)10/h13-16,31,35,37-40H,17-30H2,1-12H3,(H,57,58)/t35-,37?,38-,39+,40?,47+,48-,49-,50?/m1/s1. The molecule has 5 aliphatic carbocycles. The number of hydrogen-bond donors (Lipinski definition) is 1. The minimum absolute atomic E-state index is 0.0105. The Kier molecular flexibility index (Phi) is 12.8. The number of carbonyl (C=O) groups is 4. The zero-order valence-electron chi connectivity index (χ0n) is 38.8. The highest BCUT2D eigenvalue weighted by atomic mass is 19.1. The number of esters is 2. The number of carboxylic acids is 1. The zero-order chi connectivity index (χ0) is 44.4. The molecule has 5 aliphatic rings. The van der Waals surface area contributed by atoms with Crippen LogP contribution in [-0.4, -0.2) is 84.5 Å². The van der Waals surface area contributed by atoms with Crippen LogP contribution in [0.25, 0.3) is 0 Å². The van der Waals surface area contributed by atoms with Crippen molar-refractivity contribution in [2.24, 2.45) is 56.2 Å². The van der Waals surface area contributed by atoms with Gasteiger partial charge in [0.2, 0.25) is 0 Å². The van der Waals surface area contributed by atoms with Gasteiger partial charge in [-0.05, 0) is 148 Å². The number of allylic oxidation sites excluding steroid dienone is 1. The molecule has 9 atom stereocenters. The lowest BCUT2D eigenvalue weighted by Gasteiger charge is -2.72. The summed E-state index contributed by atoms with van der Waals surface area (Å²) in [6, 6.07) is 6.63. The van der Waals surface area contributed by atoms with Gasteiger partial charge in [-0.25, -0.2) is 4.39 Å². The minimum atomic E-state index is -1.19. The average molecular weight is 835 g/mol. The van der Waals surface area contributed by atoms with Crippen LogP contribution in [0.1, 0.15) is 139 Å². The molecule has 10 heteroatoms. The maximum atomic E-state index is 14.6. The number of ether oxygens (including phenoxy) is 2. The lowest BCUT2D eigenvalue weighted by Crippen LogP contribution is -2.66. The molecule has 1 N–H and O–H groups in total. The molecule has 9 nitrogen and oxygen atoms in total. The zero-order valence-corrected chi connectivity index (χ0v) is 38.8. The molecule has 0 aliphatic heterocycles. The van der Waals surface area contributed by atoms with Crippen molar-refractivity contribution in [2.45, 2.75) is 152 Å². The molecule has 3 unspecified atom stereocenters. The fraction of sp³-hybridized carbons (Fsp3) is 0.760. The van der Waals surface area contributed by atoms with E-state index in [4.69, 9.17) is 9.47 Å². The molecule has 0 heterocycles. The van der Waals surface area contributed by atoms with Gasteiger partial charge in [0.1, 0.15) is 18.0 Å². The number of halogens is 1. The number of Topliss-reactive ketones (excluding diaryl/α,β-unsaturated/α-hetero) is 1. The highest BCUT2D eigenvalue weighted by molar-refractivity contribution is 6.01. The number of nitrogens with zero attached hydrogens (tertiary/aromatic N) is 2. The van der Waals surface area contributed by atoms with Gasteiger partial charge in [0.15, 0.2) is 5.78 Å². The molecule has 0 aromatic heterocycles. The summed E-state index contributed by atoms with van der Waals surface area (Å²) in [7, 11) is 4.09. The topological polar surface area (TPSA) is 113 Å². The third-order valence-corrected chi connectivity index (χ3v) is 17.4. The first kappa shape index (κ1) is 46.4. The van der Waals surface area contributed by atoms with Crippen molar-refractivity contribution >= 4 is 23.7 Å². The van der Waals surface area contributed by atoms with E-state index < -0.39 is 28.9 Å². The molecule has 1 aromatic rings. The highest BCUT2D eigenvalue weighted by Gasteiger charge is 2.71. The Balaban J connectivity index is 1.33. The van der Waals surface area contributed by atoms with Gasteiger partial charge < -0.3 is 19.5 Å². The summed E-state index contributed by atoms with van der Waals surface area (Å²) in [4.78, 5) is 57.2. The second kappa shape index (κ2) is 16.5. The number of hydrogen-bond acceptors (Lipinski definition) is 8. The van der Waals surface area contributed by atoms with E-state index in [0.29, 0.717) is 31.3 Å². The summed E-state index contributed by atoms with van der Waals surface area (Å²) in [5.41, 5.74) is 1.03. The smallest absolute Gasteiger partial charge is 0.309 e. The van der Waals surface area contributed by atoms with Crippen LogP contribution in [0.4, 0.5) is 4.39 Å². The van der Waals surface area contributed by atoms with E-state index in [2.05, 4.69) is 58.3 Å². The van der Waals surface area contributed by atoms with Crippen LogP contribution in [-0.2, 0) is 35.2 Å². The Morgan fingerprint density at radius 1 is 0.900 bits per heavy atom. The quantitative estimate of drug-likeness (QED) is 0.183. The molecule has 0 spiro atoms. The Labute approximate surface area is 359 Å². The first-order valence-electron chi connectivity index (χ1n) is 22.8. The maximum Gasteiger partial charge on any atom is 0.309 e. The van der Waals surface area contributed by atoms with Gasteiger partial charge >= 0.3 is 17.9 Å². The molecule has 0 bridgehead atoms. The average Bonchev–Trinajstić information content (AvgIpc) is 3.45. The molecular weight excluding hydrogens is 760 g/mol. The molecule has 1 aromatic carbocycles. The van der Waals surface area contributed by atoms with Crippen molar-refractivity contribution in [3.05, 3.63) is 46.8 Å². The number of likely N-dealkylation sites (N-methyl/N-ethyl adjacent to an activating group) is 1. The van der Waals surface area contributed by atoms with E-state index in [-0.39, 0.29) is 63.6 Å². The van der Waals surface area contributed by atoms with E-state index in [9.17, 15) is 28.7 Å². The lowest BCUT2D eigenvalue weighted by atomic mass is 9.33. The van der Waals surface area contributed by atoms with E-state index in [0.717, 1.165) is 75.6 Å². The summed E-state index contributed by atoms with van der Waals surface area (Å²) in [6.45, 7) is 23.6. The Morgan fingerprint density at radius 3 is 2.17 bits per heavy atom. The summed E-state index contributed by atoms with van der Waals surface area (Å²) < 4.78 is 26.7. The van der Waals surface area contributed by atoms with E-state index in [1.165, 1.54) is 24.6 Å². The number of aliphatic carboxylic acids is 1. The Morgan fingerprint density at radius 2 is 1.57 bits per heavy atom. The van der Waals surface area contributed by atoms with Crippen molar-refractivity contribution in [1.82, 2.24) is 9.80 Å². The Bertz CT molecular complexity index is 1850. The number of ketones is 1. The number of carbonyl (C=O) groups excluding carboxylic acids is 3. The van der Waals surface area contributed by atoms with E-state index >= 15 is 0 Å². The second-order valence-electron chi connectivity index (χ2n) is 22.3. The monoisotopic (exact) mass is 835 g/mol. The van der Waals surface area contributed by atoms with Crippen LogP contribution >= 0.6 is 0 Å². The van der Waals surface area contributed by atoms with Crippen LogP contribution in [0.5, 0.6) is 0 Å². The second-order valence-corrected chi connectivity index (χ2v) is 22.3. The van der Waals surface area contributed by atoms with Crippen molar-refractivity contribution in [3.8, 4) is 0 Å². The largest absolute Gasteiger partial charge is 0.481 e. The third-order valence-electron chi connectivity index (χ3n) is 17.4. The molecule has 0 saturated heterocycles. The summed E-state index contributed by atoms with van der Waals surface area (Å²) in [6.07, 6.45) is 6.85. The van der Waals surface area contributed by atoms with Gasteiger partial charge in [-0.3, -0.25) is 24.1 Å². The molecular formula is C50H75FN2O7. The fourth-order valence-electron chi connectivity index (χ4n) is 14.1. The molecule has 4 fully saturated rings. The van der Waals surface area contributed by atoms with Crippen molar-refractivity contribution in [2.75, 3.05) is 33.7 Å². The number of carboxylic acid groups (broad SMARTS) is 1. The molecule has 4 saturated carbocycles. The molecule has 0 radical (unpaired) electrons. The van der Waals surface area contributed by atoms with Crippen LogP contribution in [0.2, 0.25) is 0 Å². The molecule has 6 rings (SSSR count). The predicted molar refractivity (Wildman–Crippen MR) is 231 cm³/mol. The summed E-state index contributed by atoms with van der Waals surface area (Å²) in [5, 5.41) is 9.67. The van der Waals surface area contributed by atoms with Crippen LogP contribution in [0.3, 0.4) is 0 Å². The number of rotatable bonds is 14. The van der Waals surface area contributed by atoms with Crippen LogP contribution < -0.4 is 0 Å². The molecule has 0 amide bonds. The number of fused-ring (bicyclic) bond motifs is 7. The summed E-state index contributed by atoms with van der Waals surface area (Å²) >= 11 is 0. The summed E-state index contributed by atoms with van der Waals surface area (Å²) in [5.74, 6) is -0.888. The third kappa shape index (κ3) is 8.03. The maximum absolute atomic E-state index is 14.6. The van der Waals surface area contributed by atoms with Gasteiger partial charge in [0, 0.05) is 50.4 Å². The minimum Gasteiger partial charge on any atom is -0.481 e. The van der Waals surface area contributed by atoms with E-state index in [1.54, 1.807) is 13.8 Å². The van der Waals surface area contributed by atoms with Crippen molar-refractivity contribution in [1.29, 1.82) is 0 Å². The molecule has 334 valence electrons. The van der Waals surface area contributed by atoms with Crippen LogP contribution in [0, 0.1) is 62.0 Å². The van der Waals surface area contributed by atoms with Gasteiger partial charge in [0.25, 0.3) is 0 Å².